The van der Waals surface area contributed by atoms with Crippen LogP contribution in [0.1, 0.15) is 19.8 Å². The minimum atomic E-state index is -2.40. The molecule has 0 saturated heterocycles. The molecule has 0 fully saturated rings. The lowest BCUT2D eigenvalue weighted by Gasteiger charge is -2.24. The van der Waals surface area contributed by atoms with Crippen molar-refractivity contribution in [1.82, 2.24) is 5.32 Å². The van der Waals surface area contributed by atoms with Crippen molar-refractivity contribution in [2.24, 2.45) is 5.73 Å². The van der Waals surface area contributed by atoms with Crippen molar-refractivity contribution in [3.8, 4) is 0 Å². The fourth-order valence-electron chi connectivity index (χ4n) is 2.41. The highest BCUT2D eigenvalue weighted by atomic mass is 28.4. The second-order valence-electron chi connectivity index (χ2n) is 6.35. The molecule has 0 spiro atoms. The third kappa shape index (κ3) is 15.3. The van der Waals surface area contributed by atoms with Crippen molar-refractivity contribution >= 4 is 17.6 Å². The fraction of sp³-hybridized carbons (Fsp3) is 0.889. The number of nitrogens with one attached hydrogen (secondary N) is 1. The summed E-state index contributed by atoms with van der Waals surface area (Å²) in [6, 6.07) is 1.60. The second kappa shape index (κ2) is 19.8. The molecule has 0 radical (unpaired) electrons. The lowest BCUT2D eigenvalue weighted by Crippen LogP contribution is -2.43. The first-order valence-electron chi connectivity index (χ1n) is 9.78. The minimum absolute atomic E-state index is 0.613. The first-order valence-corrected chi connectivity index (χ1v) is 13.6. The van der Waals surface area contributed by atoms with E-state index in [9.17, 15) is 0 Å². The zero-order chi connectivity index (χ0) is 22.6. The zero-order valence-corrected chi connectivity index (χ0v) is 21.5. The van der Waals surface area contributed by atoms with Gasteiger partial charge in [0.25, 0.3) is 0 Å². The van der Waals surface area contributed by atoms with Crippen LogP contribution in [0.5, 0.6) is 0 Å². The van der Waals surface area contributed by atoms with E-state index in [0.717, 1.165) is 43.6 Å². The van der Waals surface area contributed by atoms with E-state index in [1.807, 2.05) is 6.92 Å². The Hall–Kier alpha value is -0.186. The smallest absolute Gasteiger partial charge is 0.377 e. The van der Waals surface area contributed by atoms with Gasteiger partial charge in [-0.15, -0.1) is 0 Å². The Morgan fingerprint density at radius 3 is 1.62 bits per heavy atom. The van der Waals surface area contributed by atoms with Crippen LogP contribution in [0.25, 0.3) is 0 Å². The normalized spacial score (nSPS) is 11.9. The highest BCUT2D eigenvalue weighted by Gasteiger charge is 2.37. The summed E-state index contributed by atoms with van der Waals surface area (Å²) in [6.45, 7) is 9.43. The van der Waals surface area contributed by atoms with E-state index in [1.54, 1.807) is 42.7 Å². The zero-order valence-electron chi connectivity index (χ0n) is 19.5. The van der Waals surface area contributed by atoms with Crippen LogP contribution in [0.4, 0.5) is 0 Å². The first kappa shape index (κ1) is 31.0. The van der Waals surface area contributed by atoms with Gasteiger partial charge < -0.3 is 42.3 Å². The fourth-order valence-corrected chi connectivity index (χ4v) is 5.82. The maximum absolute atomic E-state index is 5.38. The quantitative estimate of drug-likeness (QED) is 0.181. The van der Waals surface area contributed by atoms with Gasteiger partial charge in [-0.2, -0.15) is 0 Å². The van der Waals surface area contributed by atoms with Gasteiger partial charge in [-0.05, 0) is 26.3 Å². The van der Waals surface area contributed by atoms with E-state index in [2.05, 4.69) is 11.9 Å². The number of hydrogen-bond acceptors (Lipinski definition) is 9. The Kier molecular flexibility index (Phi) is 21.1. The molecule has 0 saturated carbocycles. The number of ether oxygens (including phenoxy) is 1. The standard InChI is InChI=1S/C10H22O4Si.C8H22N2O3Si/c1-10(2)9-14-7-6-8-15(11-3,12-4)13-5;1-11-14(12-2,13-3)8-4-6-10-7-5-9/h1,6-9H2,2-5H3;10H,4-9H2,1-3H3. The summed E-state index contributed by atoms with van der Waals surface area (Å²) >= 11 is 0. The average molecular weight is 457 g/mol. The lowest BCUT2D eigenvalue weighted by atomic mass is 10.4. The molecule has 0 rings (SSSR count). The molecule has 29 heavy (non-hydrogen) atoms. The van der Waals surface area contributed by atoms with Crippen LogP contribution < -0.4 is 11.1 Å². The maximum Gasteiger partial charge on any atom is 0.500 e. The van der Waals surface area contributed by atoms with E-state index in [4.69, 9.17) is 37.0 Å². The second-order valence-corrected chi connectivity index (χ2v) is 12.5. The topological polar surface area (TPSA) is 103 Å². The lowest BCUT2D eigenvalue weighted by molar-refractivity contribution is 0.113. The largest absolute Gasteiger partial charge is 0.500 e. The van der Waals surface area contributed by atoms with Gasteiger partial charge in [0.2, 0.25) is 0 Å². The molecule has 0 unspecified atom stereocenters. The van der Waals surface area contributed by atoms with Gasteiger partial charge in [-0.1, -0.05) is 12.2 Å². The SMILES string of the molecule is C=C(C)COCCC[Si](OC)(OC)OC.CO[Si](CCCNCCN)(OC)OC. The first-order chi connectivity index (χ1) is 13.8. The molecule has 11 heteroatoms. The van der Waals surface area contributed by atoms with Gasteiger partial charge in [0.05, 0.1) is 6.61 Å². The summed E-state index contributed by atoms with van der Waals surface area (Å²) in [7, 11) is 5.01. The van der Waals surface area contributed by atoms with Crippen LogP contribution >= 0.6 is 0 Å². The molecular weight excluding hydrogens is 412 g/mol. The van der Waals surface area contributed by atoms with Crippen molar-refractivity contribution in [3.05, 3.63) is 12.2 Å². The Balaban J connectivity index is 0. The summed E-state index contributed by atoms with van der Waals surface area (Å²) in [4.78, 5) is 0. The van der Waals surface area contributed by atoms with Gasteiger partial charge in [-0.25, -0.2) is 0 Å². The summed E-state index contributed by atoms with van der Waals surface area (Å²) < 4.78 is 37.1. The van der Waals surface area contributed by atoms with Crippen LogP contribution in [0.15, 0.2) is 12.2 Å². The van der Waals surface area contributed by atoms with Crippen LogP contribution in [0.2, 0.25) is 12.1 Å². The highest BCUT2D eigenvalue weighted by molar-refractivity contribution is 6.60. The Labute approximate surface area is 179 Å². The molecule has 0 aromatic heterocycles. The number of hydrogen-bond donors (Lipinski definition) is 2. The number of rotatable bonds is 18. The summed E-state index contributed by atoms with van der Waals surface area (Å²) in [5.74, 6) is 0. The van der Waals surface area contributed by atoms with E-state index in [0.29, 0.717) is 19.8 Å². The molecule has 176 valence electrons. The molecule has 0 heterocycles. The molecule has 0 aliphatic heterocycles. The van der Waals surface area contributed by atoms with Crippen LogP contribution in [0.3, 0.4) is 0 Å². The predicted molar refractivity (Wildman–Crippen MR) is 120 cm³/mol. The third-order valence-corrected chi connectivity index (χ3v) is 9.81. The molecule has 0 amide bonds. The molecule has 3 N–H and O–H groups in total. The van der Waals surface area contributed by atoms with Gasteiger partial charge in [0, 0.05) is 74.4 Å². The molecule has 0 aliphatic carbocycles. The van der Waals surface area contributed by atoms with Crippen molar-refractivity contribution in [3.63, 3.8) is 0 Å². The molecule has 0 aliphatic rings. The van der Waals surface area contributed by atoms with Crippen LogP contribution in [0, 0.1) is 0 Å². The minimum Gasteiger partial charge on any atom is -0.377 e. The van der Waals surface area contributed by atoms with Gasteiger partial charge in [-0.3, -0.25) is 0 Å². The monoisotopic (exact) mass is 456 g/mol. The summed E-state index contributed by atoms with van der Waals surface area (Å²) in [5, 5.41) is 3.21. The van der Waals surface area contributed by atoms with E-state index in [-0.39, 0.29) is 0 Å². The highest BCUT2D eigenvalue weighted by Crippen LogP contribution is 2.15. The van der Waals surface area contributed by atoms with Crippen molar-refractivity contribution in [2.45, 2.75) is 31.9 Å². The van der Waals surface area contributed by atoms with E-state index in [1.165, 1.54) is 0 Å². The van der Waals surface area contributed by atoms with E-state index < -0.39 is 17.6 Å². The maximum atomic E-state index is 5.38. The predicted octanol–water partition coefficient (Wildman–Crippen LogP) is 1.65. The van der Waals surface area contributed by atoms with Gasteiger partial charge >= 0.3 is 17.6 Å². The van der Waals surface area contributed by atoms with Crippen molar-refractivity contribution in [1.29, 1.82) is 0 Å². The molecule has 0 aromatic rings. The third-order valence-electron chi connectivity index (χ3n) is 4.14. The Morgan fingerprint density at radius 1 is 0.793 bits per heavy atom. The molecular formula is C18H44N2O7Si2. The average Bonchev–Trinajstić information content (AvgIpc) is 2.74. The van der Waals surface area contributed by atoms with Crippen LogP contribution in [-0.4, -0.2) is 93.1 Å². The van der Waals surface area contributed by atoms with Crippen molar-refractivity contribution < 1.29 is 31.3 Å². The van der Waals surface area contributed by atoms with Crippen molar-refractivity contribution in [2.75, 3.05) is 75.5 Å². The summed E-state index contributed by atoms with van der Waals surface area (Å²) in [6.07, 6.45) is 1.84. The van der Waals surface area contributed by atoms with Gasteiger partial charge in [0.1, 0.15) is 0 Å². The molecule has 0 aromatic carbocycles. The molecule has 0 atom stereocenters. The molecule has 0 bridgehead atoms. The number of nitrogens with two attached hydrogens (primary N) is 1. The Bertz CT molecular complexity index is 369. The van der Waals surface area contributed by atoms with Gasteiger partial charge in [0.15, 0.2) is 0 Å². The van der Waals surface area contributed by atoms with Crippen LogP contribution in [-0.2, 0) is 31.3 Å². The Morgan fingerprint density at radius 2 is 1.24 bits per heavy atom. The van der Waals surface area contributed by atoms with E-state index >= 15 is 0 Å². The summed E-state index contributed by atoms with van der Waals surface area (Å²) in [5.41, 5.74) is 6.38. The molecule has 9 nitrogen and oxygen atoms in total.